The summed E-state index contributed by atoms with van der Waals surface area (Å²) in [6, 6.07) is 0. The molecule has 0 aliphatic rings. The number of carbonyl (C=O) groups excluding carboxylic acids is 1. The molecule has 0 aromatic rings. The van der Waals surface area contributed by atoms with Crippen molar-refractivity contribution in [3.05, 3.63) is 72.9 Å². The summed E-state index contributed by atoms with van der Waals surface area (Å²) in [5, 5.41) is 10.1. The summed E-state index contributed by atoms with van der Waals surface area (Å²) in [6.45, 7) is 2.25. The fourth-order valence-corrected chi connectivity index (χ4v) is 2.04. The van der Waals surface area contributed by atoms with Crippen LogP contribution in [0.5, 0.6) is 0 Å². The van der Waals surface area contributed by atoms with Gasteiger partial charge >= 0.3 is 22.4 Å². The number of allylic oxidation sites excluding steroid dienone is 11. The minimum absolute atomic E-state index is 0. The molecule has 0 spiro atoms. The van der Waals surface area contributed by atoms with Crippen molar-refractivity contribution in [2.24, 2.45) is 0 Å². The van der Waals surface area contributed by atoms with Gasteiger partial charge in [0, 0.05) is 0 Å². The van der Waals surface area contributed by atoms with E-state index in [1.165, 1.54) is 51.0 Å². The largest absolute Gasteiger partial charge is 1.00 e. The van der Waals surface area contributed by atoms with Gasteiger partial charge in [-0.05, 0) is 18.9 Å². The maximum Gasteiger partial charge on any atom is 1.00 e. The Kier molecular flexibility index (Phi) is 23.5. The second-order valence-electron chi connectivity index (χ2n) is 5.56. The molecule has 0 unspecified atom stereocenters. The molecule has 0 saturated heterocycles. The van der Waals surface area contributed by atoms with Crippen LogP contribution in [0.2, 0.25) is 0 Å². The molecule has 0 aromatic carbocycles. The zero-order valence-electron chi connectivity index (χ0n) is 15.2. The molecule has 2 nitrogen and oxygen atoms in total. The van der Waals surface area contributed by atoms with E-state index < -0.39 is 5.97 Å². The Hall–Kier alpha value is -1.35. The molecule has 0 heterocycles. The summed E-state index contributed by atoms with van der Waals surface area (Å²) in [4.78, 5) is 10.1. The molecule has 0 radical (unpaired) electrons. The molecular weight excluding hydrogens is 404 g/mol. The summed E-state index contributed by atoms with van der Waals surface area (Å²) in [5.41, 5.74) is 0. The molecule has 25 heavy (non-hydrogen) atoms. The number of hydrogen-bond acceptors (Lipinski definition) is 2. The molecule has 0 aliphatic heterocycles. The Morgan fingerprint density at radius 1 is 0.680 bits per heavy atom. The SMILES string of the molecule is CCCCCCCCCC=CC=CC=CC=CC=CC=CC(=O)[O-].[Ag+]. The van der Waals surface area contributed by atoms with Crippen molar-refractivity contribution in [3.8, 4) is 0 Å². The zero-order valence-corrected chi connectivity index (χ0v) is 16.7. The molecule has 0 rings (SSSR count). The average molecular weight is 435 g/mol. The van der Waals surface area contributed by atoms with E-state index >= 15 is 0 Å². The molecule has 3 heteroatoms. The van der Waals surface area contributed by atoms with Crippen molar-refractivity contribution in [1.29, 1.82) is 0 Å². The first-order valence-corrected chi connectivity index (χ1v) is 8.98. The van der Waals surface area contributed by atoms with E-state index in [-0.39, 0.29) is 22.4 Å². The predicted molar refractivity (Wildman–Crippen MR) is 102 cm³/mol. The quantitative estimate of drug-likeness (QED) is 0.163. The third-order valence-electron chi connectivity index (χ3n) is 3.34. The van der Waals surface area contributed by atoms with Crippen LogP contribution in [0.3, 0.4) is 0 Å². The van der Waals surface area contributed by atoms with Crippen LogP contribution >= 0.6 is 0 Å². The topological polar surface area (TPSA) is 40.1 Å². The minimum atomic E-state index is -1.19. The zero-order chi connectivity index (χ0) is 17.7. The van der Waals surface area contributed by atoms with Gasteiger partial charge in [0.25, 0.3) is 0 Å². The molecule has 0 fully saturated rings. The predicted octanol–water partition coefficient (Wildman–Crippen LogP) is 5.21. The third kappa shape index (κ3) is 25.0. The van der Waals surface area contributed by atoms with Crippen LogP contribution in [0.25, 0.3) is 0 Å². The number of carboxylic acids is 1. The van der Waals surface area contributed by atoms with Crippen LogP contribution in [-0.2, 0) is 27.2 Å². The van der Waals surface area contributed by atoms with Gasteiger partial charge in [0.1, 0.15) is 0 Å². The Bertz CT molecular complexity index is 468. The van der Waals surface area contributed by atoms with Gasteiger partial charge in [-0.3, -0.25) is 0 Å². The van der Waals surface area contributed by atoms with Gasteiger partial charge in [-0.25, -0.2) is 0 Å². The van der Waals surface area contributed by atoms with Crippen molar-refractivity contribution < 1.29 is 32.3 Å². The van der Waals surface area contributed by atoms with E-state index in [1.54, 1.807) is 12.2 Å². The first kappa shape index (κ1) is 25.9. The fourth-order valence-electron chi connectivity index (χ4n) is 2.04. The van der Waals surface area contributed by atoms with Crippen LogP contribution in [-0.4, -0.2) is 5.97 Å². The van der Waals surface area contributed by atoms with Crippen molar-refractivity contribution in [2.75, 3.05) is 0 Å². The van der Waals surface area contributed by atoms with Crippen molar-refractivity contribution in [3.63, 3.8) is 0 Å². The summed E-state index contributed by atoms with van der Waals surface area (Å²) >= 11 is 0. The van der Waals surface area contributed by atoms with E-state index in [9.17, 15) is 9.90 Å². The molecule has 0 bridgehead atoms. The van der Waals surface area contributed by atoms with Gasteiger partial charge < -0.3 is 9.90 Å². The molecule has 0 N–H and O–H groups in total. The maximum absolute atomic E-state index is 10.1. The second kappa shape index (κ2) is 22.7. The summed E-state index contributed by atoms with van der Waals surface area (Å²) < 4.78 is 0. The van der Waals surface area contributed by atoms with Gasteiger partial charge in [-0.2, -0.15) is 0 Å². The standard InChI is InChI=1S/C22H32O2.Ag/c1-2-3-4-5-6-7-8-9-10-11-12-13-14-15-16-17-18-19-20-21-22(23)24;/h10-21H,2-9H2,1H3,(H,23,24);/q;+1/p-1. The van der Waals surface area contributed by atoms with Crippen LogP contribution in [0.1, 0.15) is 58.3 Å². The molecule has 0 aliphatic carbocycles. The smallest absolute Gasteiger partial charge is 0.545 e. The van der Waals surface area contributed by atoms with Gasteiger partial charge in [0.15, 0.2) is 0 Å². The van der Waals surface area contributed by atoms with Gasteiger partial charge in [0.2, 0.25) is 0 Å². The fraction of sp³-hybridized carbons (Fsp3) is 0.409. The molecular formula is C22H31AgO2. The molecule has 0 saturated carbocycles. The van der Waals surface area contributed by atoms with E-state index in [1.807, 2.05) is 36.5 Å². The van der Waals surface area contributed by atoms with E-state index in [0.717, 1.165) is 12.5 Å². The van der Waals surface area contributed by atoms with Crippen molar-refractivity contribution in [1.82, 2.24) is 0 Å². The Morgan fingerprint density at radius 2 is 1.12 bits per heavy atom. The Labute approximate surface area is 169 Å². The third-order valence-corrected chi connectivity index (χ3v) is 3.34. The van der Waals surface area contributed by atoms with E-state index in [2.05, 4.69) is 19.1 Å². The Morgan fingerprint density at radius 3 is 1.64 bits per heavy atom. The normalized spacial score (nSPS) is 12.5. The van der Waals surface area contributed by atoms with Gasteiger partial charge in [0.05, 0.1) is 5.97 Å². The van der Waals surface area contributed by atoms with Crippen molar-refractivity contribution >= 4 is 5.97 Å². The second-order valence-corrected chi connectivity index (χ2v) is 5.56. The molecule has 0 aromatic heterocycles. The molecule has 142 valence electrons. The number of carboxylic acid groups (broad SMARTS) is 1. The van der Waals surface area contributed by atoms with Crippen LogP contribution in [0.4, 0.5) is 0 Å². The van der Waals surface area contributed by atoms with E-state index in [0.29, 0.717) is 0 Å². The Balaban J connectivity index is 0. The van der Waals surface area contributed by atoms with Gasteiger partial charge in [-0.15, -0.1) is 0 Å². The van der Waals surface area contributed by atoms with E-state index in [4.69, 9.17) is 0 Å². The number of unbranched alkanes of at least 4 members (excludes halogenated alkanes) is 7. The number of carbonyl (C=O) groups is 1. The monoisotopic (exact) mass is 434 g/mol. The molecule has 0 amide bonds. The van der Waals surface area contributed by atoms with Gasteiger partial charge in [-0.1, -0.05) is 112 Å². The first-order chi connectivity index (χ1) is 11.8. The number of rotatable bonds is 14. The van der Waals surface area contributed by atoms with Crippen LogP contribution in [0.15, 0.2) is 72.9 Å². The maximum atomic E-state index is 10.1. The first-order valence-electron chi connectivity index (χ1n) is 8.98. The number of aliphatic carboxylic acids is 1. The van der Waals surface area contributed by atoms with Crippen molar-refractivity contribution in [2.45, 2.75) is 58.3 Å². The summed E-state index contributed by atoms with van der Waals surface area (Å²) in [6.07, 6.45) is 32.4. The number of hydrogen-bond donors (Lipinski definition) is 0. The summed E-state index contributed by atoms with van der Waals surface area (Å²) in [5.74, 6) is -1.19. The molecule has 0 atom stereocenters. The summed E-state index contributed by atoms with van der Waals surface area (Å²) in [7, 11) is 0. The van der Waals surface area contributed by atoms with Crippen LogP contribution in [0, 0.1) is 0 Å². The minimum Gasteiger partial charge on any atom is -0.545 e. The van der Waals surface area contributed by atoms with Crippen LogP contribution < -0.4 is 5.11 Å². The average Bonchev–Trinajstić information content (AvgIpc) is 2.56.